The van der Waals surface area contributed by atoms with Crippen LogP contribution in [0.3, 0.4) is 0 Å². The molecule has 0 saturated carbocycles. The number of rotatable bonds is 7. The number of sulfonamides is 1. The predicted molar refractivity (Wildman–Crippen MR) is 105 cm³/mol. The third-order valence-electron chi connectivity index (χ3n) is 4.53. The van der Waals surface area contributed by atoms with Crippen LogP contribution >= 0.6 is 0 Å². The number of benzene rings is 2. The molecule has 2 aromatic carbocycles. The van der Waals surface area contributed by atoms with E-state index in [0.717, 1.165) is 15.6 Å². The van der Waals surface area contributed by atoms with Crippen molar-refractivity contribution in [2.24, 2.45) is 0 Å². The summed E-state index contributed by atoms with van der Waals surface area (Å²) in [6.45, 7) is -2.45. The smallest absolute Gasteiger partial charge is 0.387 e. The van der Waals surface area contributed by atoms with Crippen LogP contribution in [0.2, 0.25) is 0 Å². The Kier molecular flexibility index (Phi) is 6.04. The molecule has 0 spiro atoms. The predicted octanol–water partition coefficient (Wildman–Crippen LogP) is 2.54. The summed E-state index contributed by atoms with van der Waals surface area (Å²) in [6.07, 6.45) is 0.602. The van der Waals surface area contributed by atoms with Crippen molar-refractivity contribution < 1.29 is 26.7 Å². The van der Waals surface area contributed by atoms with Gasteiger partial charge in [0.05, 0.1) is 17.1 Å². The van der Waals surface area contributed by atoms with Crippen molar-refractivity contribution in [2.75, 3.05) is 37.4 Å². The lowest BCUT2D eigenvalue weighted by Gasteiger charge is -2.20. The summed E-state index contributed by atoms with van der Waals surface area (Å²) in [5.74, 6) is -0.510. The molecule has 3 rings (SSSR count). The molecule has 0 radical (unpaired) electrons. The van der Waals surface area contributed by atoms with Gasteiger partial charge in [-0.2, -0.15) is 8.78 Å². The number of para-hydroxylation sites is 2. The Hall–Kier alpha value is -2.72. The molecule has 1 aliphatic rings. The van der Waals surface area contributed by atoms with Gasteiger partial charge in [0.1, 0.15) is 5.75 Å². The molecule has 0 bridgehead atoms. The van der Waals surface area contributed by atoms with Crippen molar-refractivity contribution in [3.05, 3.63) is 48.0 Å². The lowest BCUT2D eigenvalue weighted by atomic mass is 10.2. The van der Waals surface area contributed by atoms with Crippen LogP contribution in [0, 0.1) is 0 Å². The maximum absolute atomic E-state index is 12.5. The first-order chi connectivity index (χ1) is 13.7. The number of carbonyl (C=O) groups is 1. The fourth-order valence-electron chi connectivity index (χ4n) is 3.11. The first kappa shape index (κ1) is 21.0. The Bertz CT molecular complexity index is 1010. The zero-order chi connectivity index (χ0) is 21.2. The molecule has 1 aliphatic heterocycles. The van der Waals surface area contributed by atoms with E-state index in [1.807, 2.05) is 4.90 Å². The standard InChI is InChI=1S/C19H21F2N3O4S/c1-23(2)29(26,27)14-7-8-16-13(11-14)9-10-24(16)12-18(25)22-15-5-3-4-6-17(15)28-19(20)21/h3-8,11,19H,9-10,12H2,1-2H3,(H,22,25). The Balaban J connectivity index is 1.72. The molecule has 1 amide bonds. The maximum Gasteiger partial charge on any atom is 0.387 e. The third-order valence-corrected chi connectivity index (χ3v) is 6.34. The molecule has 0 fully saturated rings. The van der Waals surface area contributed by atoms with Crippen molar-refractivity contribution in [3.8, 4) is 5.75 Å². The minimum atomic E-state index is -3.53. The van der Waals surface area contributed by atoms with Gasteiger partial charge in [-0.1, -0.05) is 12.1 Å². The number of alkyl halides is 2. The zero-order valence-corrected chi connectivity index (χ0v) is 16.7. The number of fused-ring (bicyclic) bond motifs is 1. The van der Waals surface area contributed by atoms with E-state index in [0.29, 0.717) is 13.0 Å². The second kappa shape index (κ2) is 8.34. The number of hydrogen-bond donors (Lipinski definition) is 1. The summed E-state index contributed by atoms with van der Waals surface area (Å²) in [6, 6.07) is 10.8. The van der Waals surface area contributed by atoms with Crippen LogP contribution in [-0.2, 0) is 21.2 Å². The largest absolute Gasteiger partial charge is 0.433 e. The number of anilines is 2. The molecule has 0 saturated heterocycles. The summed E-state index contributed by atoms with van der Waals surface area (Å²) in [5.41, 5.74) is 1.77. The van der Waals surface area contributed by atoms with Gasteiger partial charge < -0.3 is 15.0 Å². The molecular weight excluding hydrogens is 404 g/mol. The molecule has 2 aromatic rings. The van der Waals surface area contributed by atoms with Gasteiger partial charge in [0.2, 0.25) is 15.9 Å². The highest BCUT2D eigenvalue weighted by Gasteiger charge is 2.25. The zero-order valence-electron chi connectivity index (χ0n) is 15.9. The van der Waals surface area contributed by atoms with Gasteiger partial charge in [-0.3, -0.25) is 4.79 Å². The van der Waals surface area contributed by atoms with E-state index in [-0.39, 0.29) is 22.9 Å². The van der Waals surface area contributed by atoms with Crippen LogP contribution in [0.1, 0.15) is 5.56 Å². The van der Waals surface area contributed by atoms with Gasteiger partial charge in [-0.05, 0) is 42.3 Å². The van der Waals surface area contributed by atoms with Crippen LogP contribution in [-0.4, -0.2) is 52.4 Å². The second-order valence-corrected chi connectivity index (χ2v) is 8.82. The van der Waals surface area contributed by atoms with Crippen LogP contribution < -0.4 is 15.0 Å². The number of ether oxygens (including phenoxy) is 1. The van der Waals surface area contributed by atoms with E-state index in [9.17, 15) is 22.0 Å². The SMILES string of the molecule is CN(C)S(=O)(=O)c1ccc2c(c1)CCN2CC(=O)Nc1ccccc1OC(F)F. The van der Waals surface area contributed by atoms with Crippen LogP contribution in [0.4, 0.5) is 20.2 Å². The Morgan fingerprint density at radius 1 is 1.24 bits per heavy atom. The van der Waals surface area contributed by atoms with E-state index in [4.69, 9.17) is 0 Å². The maximum atomic E-state index is 12.5. The third kappa shape index (κ3) is 4.65. The molecule has 0 aromatic heterocycles. The number of halogens is 2. The average Bonchev–Trinajstić information content (AvgIpc) is 3.05. The highest BCUT2D eigenvalue weighted by Crippen LogP contribution is 2.31. The summed E-state index contributed by atoms with van der Waals surface area (Å²) >= 11 is 0. The Morgan fingerprint density at radius 3 is 2.66 bits per heavy atom. The average molecular weight is 425 g/mol. The number of amides is 1. The molecule has 29 heavy (non-hydrogen) atoms. The first-order valence-corrected chi connectivity index (χ1v) is 10.3. The molecule has 10 heteroatoms. The molecule has 1 N–H and O–H groups in total. The van der Waals surface area contributed by atoms with Crippen LogP contribution in [0.25, 0.3) is 0 Å². The molecule has 0 aliphatic carbocycles. The fraction of sp³-hybridized carbons (Fsp3) is 0.316. The summed E-state index contributed by atoms with van der Waals surface area (Å²) in [4.78, 5) is 14.4. The lowest BCUT2D eigenvalue weighted by Crippen LogP contribution is -2.32. The van der Waals surface area contributed by atoms with Gasteiger partial charge in [0, 0.05) is 26.3 Å². The lowest BCUT2D eigenvalue weighted by molar-refractivity contribution is -0.115. The van der Waals surface area contributed by atoms with Crippen molar-refractivity contribution in [1.29, 1.82) is 0 Å². The Labute approximate surface area is 167 Å². The highest BCUT2D eigenvalue weighted by atomic mass is 32.2. The molecule has 7 nitrogen and oxygen atoms in total. The summed E-state index contributed by atoms with van der Waals surface area (Å²) in [7, 11) is -0.600. The fourth-order valence-corrected chi connectivity index (χ4v) is 4.07. The van der Waals surface area contributed by atoms with Gasteiger partial charge in [-0.25, -0.2) is 12.7 Å². The van der Waals surface area contributed by atoms with Crippen molar-refractivity contribution in [2.45, 2.75) is 17.9 Å². The van der Waals surface area contributed by atoms with Crippen molar-refractivity contribution >= 4 is 27.3 Å². The number of carbonyl (C=O) groups excluding carboxylic acids is 1. The Morgan fingerprint density at radius 2 is 1.97 bits per heavy atom. The van der Waals surface area contributed by atoms with Gasteiger partial charge in [0.15, 0.2) is 0 Å². The van der Waals surface area contributed by atoms with E-state index in [2.05, 4.69) is 10.1 Å². The van der Waals surface area contributed by atoms with Gasteiger partial charge >= 0.3 is 6.61 Å². The minimum absolute atomic E-state index is 0.00418. The summed E-state index contributed by atoms with van der Waals surface area (Å²) < 4.78 is 55.1. The number of nitrogens with zero attached hydrogens (tertiary/aromatic N) is 2. The van der Waals surface area contributed by atoms with E-state index >= 15 is 0 Å². The molecule has 156 valence electrons. The molecule has 0 atom stereocenters. The quantitative estimate of drug-likeness (QED) is 0.738. The van der Waals surface area contributed by atoms with E-state index in [1.54, 1.807) is 18.2 Å². The molecular formula is C19H21F2N3O4S. The van der Waals surface area contributed by atoms with Crippen LogP contribution in [0.5, 0.6) is 5.75 Å². The minimum Gasteiger partial charge on any atom is -0.433 e. The molecule has 0 unspecified atom stereocenters. The van der Waals surface area contributed by atoms with Gasteiger partial charge in [0.25, 0.3) is 0 Å². The second-order valence-electron chi connectivity index (χ2n) is 6.67. The topological polar surface area (TPSA) is 79.0 Å². The van der Waals surface area contributed by atoms with Crippen molar-refractivity contribution in [1.82, 2.24) is 4.31 Å². The number of hydrogen-bond acceptors (Lipinski definition) is 5. The van der Waals surface area contributed by atoms with E-state index in [1.165, 1.54) is 38.4 Å². The van der Waals surface area contributed by atoms with Crippen LogP contribution in [0.15, 0.2) is 47.4 Å². The van der Waals surface area contributed by atoms with Gasteiger partial charge in [-0.15, -0.1) is 0 Å². The first-order valence-electron chi connectivity index (χ1n) is 8.82. The number of nitrogens with one attached hydrogen (secondary N) is 1. The summed E-state index contributed by atoms with van der Waals surface area (Å²) in [5, 5.41) is 2.58. The van der Waals surface area contributed by atoms with Crippen molar-refractivity contribution in [3.63, 3.8) is 0 Å². The monoisotopic (exact) mass is 425 g/mol. The normalized spacial score (nSPS) is 13.7. The molecule has 1 heterocycles. The van der Waals surface area contributed by atoms with E-state index < -0.39 is 22.5 Å². The highest BCUT2D eigenvalue weighted by molar-refractivity contribution is 7.89.